The Balaban J connectivity index is 1.44. The molecule has 2 aromatic heterocycles. The average molecular weight is 459 g/mol. The van der Waals surface area contributed by atoms with Gasteiger partial charge in [0.15, 0.2) is 0 Å². The van der Waals surface area contributed by atoms with E-state index in [1.54, 1.807) is 23.0 Å². The molecule has 0 radical (unpaired) electrons. The third kappa shape index (κ3) is 4.35. The van der Waals surface area contributed by atoms with Gasteiger partial charge < -0.3 is 4.74 Å². The molecule has 168 valence electrons. The number of aromatic nitrogens is 2. The fourth-order valence-electron chi connectivity index (χ4n) is 4.41. The number of thiophene rings is 1. The average Bonchev–Trinajstić information content (AvgIpc) is 3.29. The predicted octanol–water partition coefficient (Wildman–Crippen LogP) is 5.62. The summed E-state index contributed by atoms with van der Waals surface area (Å²) in [7, 11) is 0. The number of fused-ring (bicyclic) bond motifs is 2. The summed E-state index contributed by atoms with van der Waals surface area (Å²) in [5.74, 6) is -0.323. The van der Waals surface area contributed by atoms with Crippen LogP contribution in [0, 0.1) is 0 Å². The van der Waals surface area contributed by atoms with Gasteiger partial charge in [0, 0.05) is 10.9 Å². The number of rotatable bonds is 6. The van der Waals surface area contributed by atoms with Crippen LogP contribution in [0.15, 0.2) is 59.0 Å². The minimum absolute atomic E-state index is 0.0413. The van der Waals surface area contributed by atoms with E-state index in [4.69, 9.17) is 4.74 Å². The van der Waals surface area contributed by atoms with Gasteiger partial charge in [-0.2, -0.15) is 0 Å². The fraction of sp³-hybridized carbons (Fsp3) is 0.296. The van der Waals surface area contributed by atoms with E-state index in [0.717, 1.165) is 40.8 Å². The lowest BCUT2D eigenvalue weighted by molar-refractivity contribution is 0.0505. The lowest BCUT2D eigenvalue weighted by Crippen LogP contribution is -2.21. The molecule has 5 nitrogen and oxygen atoms in total. The molecule has 0 N–H and O–H groups in total. The first kappa shape index (κ1) is 21.6. The Bertz CT molecular complexity index is 1370. The maximum absolute atomic E-state index is 13.4. The van der Waals surface area contributed by atoms with Crippen molar-refractivity contribution in [2.75, 3.05) is 6.61 Å². The molecule has 0 saturated carbocycles. The van der Waals surface area contributed by atoms with Gasteiger partial charge in [-0.05, 0) is 66.5 Å². The SMILES string of the molecule is CCCOC(=O)c1ccc(Cn2cnc3scc(-c4ccc5c(c4)CCCC5)c3c2=O)cc1. The first-order valence-electron chi connectivity index (χ1n) is 11.5. The molecular formula is C27H26N2O3S. The normalized spacial score (nSPS) is 13.1. The maximum atomic E-state index is 13.4. The number of benzene rings is 2. The Morgan fingerprint density at radius 2 is 1.88 bits per heavy atom. The lowest BCUT2D eigenvalue weighted by atomic mass is 9.89. The first-order valence-corrected chi connectivity index (χ1v) is 12.4. The van der Waals surface area contributed by atoms with Crippen molar-refractivity contribution < 1.29 is 9.53 Å². The van der Waals surface area contributed by atoms with E-state index in [1.807, 2.05) is 24.4 Å². The minimum atomic E-state index is -0.323. The van der Waals surface area contributed by atoms with Gasteiger partial charge in [-0.1, -0.05) is 37.3 Å². The summed E-state index contributed by atoms with van der Waals surface area (Å²) in [6.45, 7) is 2.77. The smallest absolute Gasteiger partial charge is 0.338 e. The number of hydrogen-bond donors (Lipinski definition) is 0. The molecular weight excluding hydrogens is 432 g/mol. The van der Waals surface area contributed by atoms with Gasteiger partial charge >= 0.3 is 5.97 Å². The molecule has 0 spiro atoms. The van der Waals surface area contributed by atoms with Gasteiger partial charge in [-0.25, -0.2) is 9.78 Å². The zero-order valence-electron chi connectivity index (χ0n) is 18.7. The molecule has 0 unspecified atom stereocenters. The second kappa shape index (κ2) is 9.32. The molecule has 0 aliphatic heterocycles. The summed E-state index contributed by atoms with van der Waals surface area (Å²) in [5, 5.41) is 2.73. The summed E-state index contributed by atoms with van der Waals surface area (Å²) < 4.78 is 6.82. The highest BCUT2D eigenvalue weighted by atomic mass is 32.1. The van der Waals surface area contributed by atoms with E-state index >= 15 is 0 Å². The van der Waals surface area contributed by atoms with Gasteiger partial charge in [0.25, 0.3) is 5.56 Å². The van der Waals surface area contributed by atoms with Crippen molar-refractivity contribution in [2.24, 2.45) is 0 Å². The largest absolute Gasteiger partial charge is 0.462 e. The van der Waals surface area contributed by atoms with E-state index in [9.17, 15) is 9.59 Å². The van der Waals surface area contributed by atoms with E-state index < -0.39 is 0 Å². The van der Waals surface area contributed by atoms with Crippen LogP contribution >= 0.6 is 11.3 Å². The van der Waals surface area contributed by atoms with Gasteiger partial charge in [-0.3, -0.25) is 9.36 Å². The van der Waals surface area contributed by atoms with Crippen molar-refractivity contribution in [3.05, 3.63) is 86.8 Å². The van der Waals surface area contributed by atoms with E-state index in [0.29, 0.717) is 24.1 Å². The number of hydrogen-bond acceptors (Lipinski definition) is 5. The summed E-state index contributed by atoms with van der Waals surface area (Å²) in [6.07, 6.45) is 7.13. The van der Waals surface area contributed by atoms with E-state index in [-0.39, 0.29) is 11.5 Å². The van der Waals surface area contributed by atoms with E-state index in [2.05, 4.69) is 23.2 Å². The Kier molecular flexibility index (Phi) is 6.09. The number of carbonyl (C=O) groups excluding carboxylic acids is 1. The zero-order valence-corrected chi connectivity index (χ0v) is 19.5. The van der Waals surface area contributed by atoms with Gasteiger partial charge in [0.1, 0.15) is 4.83 Å². The topological polar surface area (TPSA) is 61.2 Å². The molecule has 0 fully saturated rings. The third-order valence-corrected chi connectivity index (χ3v) is 7.09. The van der Waals surface area contributed by atoms with Gasteiger partial charge in [0.05, 0.1) is 30.4 Å². The molecule has 6 heteroatoms. The molecule has 33 heavy (non-hydrogen) atoms. The Labute approximate surface area is 196 Å². The van der Waals surface area contributed by atoms with Crippen molar-refractivity contribution in [3.63, 3.8) is 0 Å². The summed E-state index contributed by atoms with van der Waals surface area (Å²) in [6, 6.07) is 13.8. The number of esters is 1. The van der Waals surface area contributed by atoms with Crippen molar-refractivity contribution >= 4 is 27.5 Å². The lowest BCUT2D eigenvalue weighted by Gasteiger charge is -2.16. The highest BCUT2D eigenvalue weighted by molar-refractivity contribution is 7.17. The highest BCUT2D eigenvalue weighted by Crippen LogP contribution is 2.33. The highest BCUT2D eigenvalue weighted by Gasteiger charge is 2.16. The summed E-state index contributed by atoms with van der Waals surface area (Å²) in [5.41, 5.74) is 6.29. The Morgan fingerprint density at radius 1 is 1.09 bits per heavy atom. The van der Waals surface area contributed by atoms with Gasteiger partial charge in [0.2, 0.25) is 0 Å². The number of carbonyl (C=O) groups is 1. The molecule has 1 aliphatic carbocycles. The van der Waals surface area contributed by atoms with Crippen LogP contribution in [0.2, 0.25) is 0 Å². The number of ether oxygens (including phenoxy) is 1. The molecule has 2 heterocycles. The van der Waals surface area contributed by atoms with Crippen molar-refractivity contribution in [1.29, 1.82) is 0 Å². The van der Waals surface area contributed by atoms with Crippen LogP contribution in [-0.4, -0.2) is 22.1 Å². The first-order chi connectivity index (χ1) is 16.1. The Hall–Kier alpha value is -3.25. The summed E-state index contributed by atoms with van der Waals surface area (Å²) in [4.78, 5) is 30.8. The standard InChI is InChI=1S/C27H26N2O3S/c1-2-13-32-27(31)20-9-7-18(8-10-20)15-29-17-28-25-24(26(29)30)23(16-33-25)22-12-11-19-5-3-4-6-21(19)14-22/h7-12,14,16-17H,2-6,13,15H2,1H3. The molecule has 0 bridgehead atoms. The van der Waals surface area contributed by atoms with Crippen molar-refractivity contribution in [3.8, 4) is 11.1 Å². The van der Waals surface area contributed by atoms with Crippen LogP contribution in [0.5, 0.6) is 0 Å². The molecule has 5 rings (SSSR count). The predicted molar refractivity (Wildman–Crippen MR) is 132 cm³/mol. The molecule has 4 aromatic rings. The van der Waals surface area contributed by atoms with Crippen LogP contribution < -0.4 is 5.56 Å². The zero-order chi connectivity index (χ0) is 22.8. The second-order valence-electron chi connectivity index (χ2n) is 8.53. The summed E-state index contributed by atoms with van der Waals surface area (Å²) >= 11 is 1.51. The fourth-order valence-corrected chi connectivity index (χ4v) is 5.32. The van der Waals surface area contributed by atoms with Crippen LogP contribution in [0.25, 0.3) is 21.3 Å². The third-order valence-electron chi connectivity index (χ3n) is 6.20. The van der Waals surface area contributed by atoms with Crippen LogP contribution in [-0.2, 0) is 24.1 Å². The number of aryl methyl sites for hydroxylation is 2. The molecule has 1 aliphatic rings. The molecule has 0 saturated heterocycles. The minimum Gasteiger partial charge on any atom is -0.462 e. The molecule has 0 amide bonds. The maximum Gasteiger partial charge on any atom is 0.338 e. The van der Waals surface area contributed by atoms with Gasteiger partial charge in [-0.15, -0.1) is 11.3 Å². The quantitative estimate of drug-likeness (QED) is 0.352. The second-order valence-corrected chi connectivity index (χ2v) is 9.39. The number of nitrogens with zero attached hydrogens (tertiary/aromatic N) is 2. The Morgan fingerprint density at radius 3 is 2.67 bits per heavy atom. The monoisotopic (exact) mass is 458 g/mol. The van der Waals surface area contributed by atoms with Crippen LogP contribution in [0.1, 0.15) is 53.2 Å². The van der Waals surface area contributed by atoms with Crippen molar-refractivity contribution in [1.82, 2.24) is 9.55 Å². The van der Waals surface area contributed by atoms with Crippen LogP contribution in [0.3, 0.4) is 0 Å². The van der Waals surface area contributed by atoms with Crippen molar-refractivity contribution in [2.45, 2.75) is 45.6 Å². The van der Waals surface area contributed by atoms with E-state index in [1.165, 1.54) is 35.3 Å². The molecule has 0 atom stereocenters. The molecule has 2 aromatic carbocycles. The van der Waals surface area contributed by atoms with Crippen LogP contribution in [0.4, 0.5) is 0 Å².